The predicted molar refractivity (Wildman–Crippen MR) is 85.0 cm³/mol. The molecule has 0 bridgehead atoms. The van der Waals surface area contributed by atoms with Gasteiger partial charge >= 0.3 is 6.18 Å². The van der Waals surface area contributed by atoms with Gasteiger partial charge in [-0.05, 0) is 31.5 Å². The Labute approximate surface area is 146 Å². The molecule has 0 atom stereocenters. The minimum Gasteiger partial charge on any atom is -0.275 e. The van der Waals surface area contributed by atoms with Crippen LogP contribution in [0.2, 0.25) is 10.0 Å². The third-order valence-electron chi connectivity index (χ3n) is 3.23. The van der Waals surface area contributed by atoms with E-state index < -0.39 is 27.6 Å². The third kappa shape index (κ3) is 3.47. The van der Waals surface area contributed by atoms with Crippen molar-refractivity contribution in [1.29, 1.82) is 0 Å². The zero-order chi connectivity index (χ0) is 18.4. The average Bonchev–Trinajstić information content (AvgIpc) is 2.67. The number of hydrogen-bond donors (Lipinski definition) is 1. The Morgan fingerprint density at radius 1 is 1.17 bits per heavy atom. The number of nitrogens with zero attached hydrogens (tertiary/aromatic N) is 2. The molecule has 0 saturated carbocycles. The smallest absolute Gasteiger partial charge is 0.275 e. The molecule has 2 aromatic rings. The summed E-state index contributed by atoms with van der Waals surface area (Å²) < 4.78 is 66.9. The Kier molecular flexibility index (Phi) is 4.82. The molecule has 24 heavy (non-hydrogen) atoms. The molecule has 11 heteroatoms. The number of benzene rings is 1. The Morgan fingerprint density at radius 3 is 2.29 bits per heavy atom. The minimum atomic E-state index is -4.78. The molecule has 0 radical (unpaired) electrons. The number of sulfonamides is 1. The van der Waals surface area contributed by atoms with Crippen LogP contribution in [0.25, 0.3) is 0 Å². The predicted octanol–water partition coefficient (Wildman–Crippen LogP) is 4.16. The van der Waals surface area contributed by atoms with Gasteiger partial charge in [-0.25, -0.2) is 8.42 Å². The van der Waals surface area contributed by atoms with E-state index in [9.17, 15) is 21.6 Å². The molecule has 0 fully saturated rings. The van der Waals surface area contributed by atoms with Crippen molar-refractivity contribution >= 4 is 38.9 Å². The standard InChI is InChI=1S/C13H12Cl2F3N3O2S/c1-6-4-10(9(15)5-8(6)14)24(22,23)20-11-7(2)19-21(3)12(11)13(16,17)18/h4-5,20H,1-3H3. The summed E-state index contributed by atoms with van der Waals surface area (Å²) in [6.45, 7) is 2.82. The highest BCUT2D eigenvalue weighted by Crippen LogP contribution is 2.38. The summed E-state index contributed by atoms with van der Waals surface area (Å²) in [5.74, 6) is 0. The van der Waals surface area contributed by atoms with Crippen molar-refractivity contribution in [3.8, 4) is 0 Å². The van der Waals surface area contributed by atoms with Gasteiger partial charge in [-0.1, -0.05) is 23.2 Å². The Bertz CT molecular complexity index is 908. The fraction of sp³-hybridized carbons (Fsp3) is 0.308. The van der Waals surface area contributed by atoms with Crippen molar-refractivity contribution in [3.63, 3.8) is 0 Å². The maximum Gasteiger partial charge on any atom is 0.435 e. The quantitative estimate of drug-likeness (QED) is 0.839. The second kappa shape index (κ2) is 6.12. The van der Waals surface area contributed by atoms with Gasteiger partial charge in [0.1, 0.15) is 10.6 Å². The highest BCUT2D eigenvalue weighted by atomic mass is 35.5. The number of anilines is 1. The summed E-state index contributed by atoms with van der Waals surface area (Å²) in [6, 6.07) is 2.40. The lowest BCUT2D eigenvalue weighted by atomic mass is 10.2. The monoisotopic (exact) mass is 401 g/mol. The molecule has 1 heterocycles. The number of alkyl halides is 3. The van der Waals surface area contributed by atoms with Crippen LogP contribution in [-0.2, 0) is 23.2 Å². The second-order valence-corrected chi connectivity index (χ2v) is 7.53. The van der Waals surface area contributed by atoms with Gasteiger partial charge in [-0.2, -0.15) is 18.3 Å². The molecule has 1 N–H and O–H groups in total. The van der Waals surface area contributed by atoms with Crippen molar-refractivity contribution in [2.24, 2.45) is 7.05 Å². The van der Waals surface area contributed by atoms with Crippen molar-refractivity contribution < 1.29 is 21.6 Å². The van der Waals surface area contributed by atoms with Gasteiger partial charge in [0.2, 0.25) is 0 Å². The number of aryl methyl sites for hydroxylation is 3. The summed E-state index contributed by atoms with van der Waals surface area (Å²) in [4.78, 5) is -0.373. The van der Waals surface area contributed by atoms with E-state index in [0.29, 0.717) is 10.2 Å². The summed E-state index contributed by atoms with van der Waals surface area (Å²) >= 11 is 11.7. The fourth-order valence-corrected chi connectivity index (χ4v) is 4.09. The van der Waals surface area contributed by atoms with Gasteiger partial charge in [0, 0.05) is 12.1 Å². The van der Waals surface area contributed by atoms with Gasteiger partial charge in [0.15, 0.2) is 5.69 Å². The van der Waals surface area contributed by atoms with Crippen LogP contribution in [0.15, 0.2) is 17.0 Å². The van der Waals surface area contributed by atoms with Crippen LogP contribution < -0.4 is 4.72 Å². The van der Waals surface area contributed by atoms with Crippen molar-refractivity contribution in [2.75, 3.05) is 4.72 Å². The molecule has 1 aromatic heterocycles. The number of halogens is 5. The molecular formula is C13H12Cl2F3N3O2S. The topological polar surface area (TPSA) is 64.0 Å². The van der Waals surface area contributed by atoms with Crippen LogP contribution in [0.3, 0.4) is 0 Å². The fourth-order valence-electron chi connectivity index (χ4n) is 2.13. The Morgan fingerprint density at radius 2 is 1.75 bits per heavy atom. The van der Waals surface area contributed by atoms with E-state index in [1.807, 2.05) is 4.72 Å². The van der Waals surface area contributed by atoms with Crippen molar-refractivity contribution in [1.82, 2.24) is 9.78 Å². The molecule has 0 aliphatic rings. The van der Waals surface area contributed by atoms with E-state index in [1.54, 1.807) is 6.92 Å². The first-order valence-corrected chi connectivity index (χ1v) is 8.67. The first-order chi connectivity index (χ1) is 10.8. The van der Waals surface area contributed by atoms with Crippen molar-refractivity contribution in [3.05, 3.63) is 39.1 Å². The first kappa shape index (κ1) is 18.9. The van der Waals surface area contributed by atoms with Gasteiger partial charge in [0.25, 0.3) is 10.0 Å². The molecule has 2 rings (SSSR count). The van der Waals surface area contributed by atoms with Gasteiger partial charge in [0.05, 0.1) is 10.7 Å². The van der Waals surface area contributed by atoms with Crippen molar-refractivity contribution in [2.45, 2.75) is 24.9 Å². The zero-order valence-corrected chi connectivity index (χ0v) is 15.0. The van der Waals surface area contributed by atoms with E-state index in [4.69, 9.17) is 23.2 Å². The lowest BCUT2D eigenvalue weighted by Crippen LogP contribution is -2.19. The summed E-state index contributed by atoms with van der Waals surface area (Å²) in [6.07, 6.45) is -4.78. The SMILES string of the molecule is Cc1cc(S(=O)(=O)Nc2c(C)nn(C)c2C(F)(F)F)c(Cl)cc1Cl. The van der Waals surface area contributed by atoms with Crippen LogP contribution in [0.1, 0.15) is 17.0 Å². The minimum absolute atomic E-state index is 0.116. The van der Waals surface area contributed by atoms with Gasteiger partial charge < -0.3 is 0 Å². The van der Waals surface area contributed by atoms with Crippen LogP contribution in [0.4, 0.5) is 18.9 Å². The number of rotatable bonds is 3. The van der Waals surface area contributed by atoms with E-state index >= 15 is 0 Å². The molecule has 0 amide bonds. The van der Waals surface area contributed by atoms with Gasteiger partial charge in [-0.15, -0.1) is 0 Å². The van der Waals surface area contributed by atoms with Crippen LogP contribution >= 0.6 is 23.2 Å². The van der Waals surface area contributed by atoms with E-state index in [1.165, 1.54) is 19.1 Å². The zero-order valence-electron chi connectivity index (χ0n) is 12.7. The lowest BCUT2D eigenvalue weighted by molar-refractivity contribution is -0.143. The summed E-state index contributed by atoms with van der Waals surface area (Å²) in [5.41, 5.74) is -1.55. The first-order valence-electron chi connectivity index (χ1n) is 6.44. The number of hydrogen-bond acceptors (Lipinski definition) is 3. The molecular weight excluding hydrogens is 390 g/mol. The molecule has 132 valence electrons. The molecule has 0 spiro atoms. The highest BCUT2D eigenvalue weighted by Gasteiger charge is 2.40. The van der Waals surface area contributed by atoms with E-state index in [-0.39, 0.29) is 20.6 Å². The molecule has 5 nitrogen and oxygen atoms in total. The van der Waals surface area contributed by atoms with Crippen LogP contribution in [0.5, 0.6) is 0 Å². The maximum absolute atomic E-state index is 13.2. The van der Waals surface area contributed by atoms with Crippen LogP contribution in [0, 0.1) is 13.8 Å². The Hall–Kier alpha value is -1.45. The summed E-state index contributed by atoms with van der Waals surface area (Å²) in [7, 11) is -3.29. The normalized spacial score (nSPS) is 12.5. The van der Waals surface area contributed by atoms with E-state index in [0.717, 1.165) is 7.05 Å². The average molecular weight is 402 g/mol. The maximum atomic E-state index is 13.2. The van der Waals surface area contributed by atoms with E-state index in [2.05, 4.69) is 5.10 Å². The van der Waals surface area contributed by atoms with Crippen LogP contribution in [-0.4, -0.2) is 18.2 Å². The molecule has 1 aromatic carbocycles. The molecule has 0 aliphatic carbocycles. The second-order valence-electron chi connectivity index (χ2n) is 5.07. The molecule has 0 unspecified atom stereocenters. The lowest BCUT2D eigenvalue weighted by Gasteiger charge is -2.14. The number of nitrogens with one attached hydrogen (secondary N) is 1. The third-order valence-corrected chi connectivity index (χ3v) is 5.45. The summed E-state index contributed by atoms with van der Waals surface area (Å²) in [5, 5.41) is 3.67. The highest BCUT2D eigenvalue weighted by molar-refractivity contribution is 7.92. The largest absolute Gasteiger partial charge is 0.435 e. The molecule has 0 saturated heterocycles. The Balaban J connectivity index is 2.58. The number of aromatic nitrogens is 2. The van der Waals surface area contributed by atoms with Gasteiger partial charge in [-0.3, -0.25) is 9.40 Å². The molecule has 0 aliphatic heterocycles.